The van der Waals surface area contributed by atoms with Gasteiger partial charge in [-0.15, -0.1) is 0 Å². The maximum absolute atomic E-state index is 12.5. The van der Waals surface area contributed by atoms with Crippen molar-refractivity contribution in [2.24, 2.45) is 11.3 Å². The third kappa shape index (κ3) is 3.13. The standard InChI is InChI=1S/C15H14BrNO4S/c1-15(5-6-15)14(19)11(8-17)13(18)10-4-3-9(7-12(10)16)22(2,20)21/h3-4,7,11H,5-6H2,1-2H3. The van der Waals surface area contributed by atoms with Crippen LogP contribution in [0.4, 0.5) is 0 Å². The average molecular weight is 384 g/mol. The number of halogens is 1. The SMILES string of the molecule is CC1(C(=O)C(C#N)C(=O)c2ccc(S(C)(=O)=O)cc2Br)CC1. The molecule has 1 aromatic carbocycles. The Bertz CT molecular complexity index is 803. The van der Waals surface area contributed by atoms with Gasteiger partial charge in [0.25, 0.3) is 0 Å². The number of nitriles is 1. The molecule has 22 heavy (non-hydrogen) atoms. The van der Waals surface area contributed by atoms with Crippen LogP contribution in [-0.4, -0.2) is 26.2 Å². The number of rotatable bonds is 5. The summed E-state index contributed by atoms with van der Waals surface area (Å²) in [5, 5.41) is 9.19. The first kappa shape index (κ1) is 16.8. The largest absolute Gasteiger partial charge is 0.297 e. The van der Waals surface area contributed by atoms with Crippen molar-refractivity contribution in [1.82, 2.24) is 0 Å². The molecule has 1 fully saturated rings. The molecule has 0 spiro atoms. The normalized spacial score (nSPS) is 17.4. The second-order valence-electron chi connectivity index (χ2n) is 5.77. The van der Waals surface area contributed by atoms with Crippen LogP contribution in [0.5, 0.6) is 0 Å². The Morgan fingerprint density at radius 1 is 1.36 bits per heavy atom. The molecule has 1 aromatic rings. The van der Waals surface area contributed by atoms with Crippen LogP contribution in [0, 0.1) is 22.7 Å². The Morgan fingerprint density at radius 3 is 2.36 bits per heavy atom. The predicted octanol–water partition coefficient (Wildman–Crippen LogP) is 2.54. The minimum absolute atomic E-state index is 0.0601. The van der Waals surface area contributed by atoms with Gasteiger partial charge in [-0.1, -0.05) is 22.9 Å². The fourth-order valence-corrected chi connectivity index (χ4v) is 3.47. The Morgan fingerprint density at radius 2 is 1.95 bits per heavy atom. The first-order valence-corrected chi connectivity index (χ1v) is 9.26. The maximum Gasteiger partial charge on any atom is 0.188 e. The lowest BCUT2D eigenvalue weighted by atomic mass is 9.87. The topological polar surface area (TPSA) is 92.1 Å². The molecule has 0 bridgehead atoms. The van der Waals surface area contributed by atoms with Crippen molar-refractivity contribution in [3.63, 3.8) is 0 Å². The summed E-state index contributed by atoms with van der Waals surface area (Å²) in [6, 6.07) is 5.71. The van der Waals surface area contributed by atoms with Crippen LogP contribution in [0.1, 0.15) is 30.1 Å². The molecular formula is C15H14BrNO4S. The summed E-state index contributed by atoms with van der Waals surface area (Å²) >= 11 is 3.15. The van der Waals surface area contributed by atoms with Crippen LogP contribution >= 0.6 is 15.9 Å². The van der Waals surface area contributed by atoms with Crippen molar-refractivity contribution in [2.45, 2.75) is 24.7 Å². The summed E-state index contributed by atoms with van der Waals surface area (Å²) in [7, 11) is -3.40. The quantitative estimate of drug-likeness (QED) is 0.575. The van der Waals surface area contributed by atoms with Crippen LogP contribution in [-0.2, 0) is 14.6 Å². The van der Waals surface area contributed by atoms with Crippen molar-refractivity contribution in [2.75, 3.05) is 6.26 Å². The smallest absolute Gasteiger partial charge is 0.188 e. The van der Waals surface area contributed by atoms with Gasteiger partial charge in [0.2, 0.25) is 0 Å². The van der Waals surface area contributed by atoms with E-state index in [-0.39, 0.29) is 20.7 Å². The van der Waals surface area contributed by atoms with Gasteiger partial charge in [0, 0.05) is 21.7 Å². The number of hydrogen-bond donors (Lipinski definition) is 0. The van der Waals surface area contributed by atoms with E-state index in [9.17, 15) is 23.3 Å². The molecule has 0 saturated heterocycles. The predicted molar refractivity (Wildman–Crippen MR) is 83.0 cm³/mol. The van der Waals surface area contributed by atoms with Crippen LogP contribution in [0.2, 0.25) is 0 Å². The highest BCUT2D eigenvalue weighted by atomic mass is 79.9. The molecule has 1 unspecified atom stereocenters. The molecule has 2 rings (SSSR count). The molecule has 0 amide bonds. The highest BCUT2D eigenvalue weighted by molar-refractivity contribution is 9.10. The van der Waals surface area contributed by atoms with Gasteiger partial charge in [-0.2, -0.15) is 5.26 Å². The molecule has 5 nitrogen and oxygen atoms in total. The first-order chi connectivity index (χ1) is 10.1. The van der Waals surface area contributed by atoms with Crippen LogP contribution in [0.15, 0.2) is 27.6 Å². The van der Waals surface area contributed by atoms with E-state index in [2.05, 4.69) is 15.9 Å². The Hall–Kier alpha value is -1.52. The van der Waals surface area contributed by atoms with Gasteiger partial charge in [-0.25, -0.2) is 8.42 Å². The van der Waals surface area contributed by atoms with E-state index < -0.39 is 27.0 Å². The van der Waals surface area contributed by atoms with Gasteiger partial charge in [0.05, 0.1) is 11.0 Å². The monoisotopic (exact) mass is 383 g/mol. The lowest BCUT2D eigenvalue weighted by Gasteiger charge is -2.13. The molecular weight excluding hydrogens is 370 g/mol. The molecule has 7 heteroatoms. The van der Waals surface area contributed by atoms with E-state index in [1.807, 2.05) is 0 Å². The van der Waals surface area contributed by atoms with Gasteiger partial charge in [0.15, 0.2) is 27.3 Å². The van der Waals surface area contributed by atoms with Gasteiger partial charge in [0.1, 0.15) is 0 Å². The maximum atomic E-state index is 12.5. The molecule has 1 saturated carbocycles. The summed E-state index contributed by atoms with van der Waals surface area (Å²) < 4.78 is 23.2. The summed E-state index contributed by atoms with van der Waals surface area (Å²) in [5.41, 5.74) is -0.438. The lowest BCUT2D eigenvalue weighted by molar-refractivity contribution is -0.124. The van der Waals surface area contributed by atoms with Crippen molar-refractivity contribution in [3.05, 3.63) is 28.2 Å². The van der Waals surface area contributed by atoms with Crippen molar-refractivity contribution in [1.29, 1.82) is 5.26 Å². The van der Waals surface area contributed by atoms with E-state index in [0.717, 1.165) is 6.26 Å². The molecule has 0 aromatic heterocycles. The number of ketones is 2. The summed E-state index contributed by atoms with van der Waals surface area (Å²) in [6.07, 6.45) is 2.43. The second-order valence-corrected chi connectivity index (χ2v) is 8.64. The van der Waals surface area contributed by atoms with Crippen LogP contribution < -0.4 is 0 Å². The third-order valence-corrected chi connectivity index (χ3v) is 5.65. The first-order valence-electron chi connectivity index (χ1n) is 6.58. The molecule has 0 heterocycles. The molecule has 0 N–H and O–H groups in total. The zero-order chi connectivity index (χ0) is 16.7. The fourth-order valence-electron chi connectivity index (χ4n) is 2.10. The minimum Gasteiger partial charge on any atom is -0.297 e. The van der Waals surface area contributed by atoms with Crippen LogP contribution in [0.3, 0.4) is 0 Å². The number of sulfone groups is 1. The molecule has 0 radical (unpaired) electrons. The fraction of sp³-hybridized carbons (Fsp3) is 0.400. The van der Waals surface area contributed by atoms with E-state index in [1.54, 1.807) is 13.0 Å². The average Bonchev–Trinajstić information content (AvgIpc) is 3.17. The molecule has 1 aliphatic rings. The van der Waals surface area contributed by atoms with E-state index in [0.29, 0.717) is 12.8 Å². The van der Waals surface area contributed by atoms with Crippen molar-refractivity contribution >= 4 is 37.3 Å². The Kier molecular flexibility index (Phi) is 4.28. The summed E-state index contributed by atoms with van der Waals surface area (Å²) in [4.78, 5) is 24.8. The third-order valence-electron chi connectivity index (χ3n) is 3.88. The number of nitrogens with zero attached hydrogens (tertiary/aromatic N) is 1. The van der Waals surface area contributed by atoms with Crippen molar-refractivity contribution < 1.29 is 18.0 Å². The van der Waals surface area contributed by atoms with E-state index >= 15 is 0 Å². The molecule has 1 atom stereocenters. The van der Waals surface area contributed by atoms with Gasteiger partial charge >= 0.3 is 0 Å². The van der Waals surface area contributed by atoms with Crippen LogP contribution in [0.25, 0.3) is 0 Å². The summed E-state index contributed by atoms with van der Waals surface area (Å²) in [6.45, 7) is 1.74. The second kappa shape index (κ2) is 5.60. The number of carbonyl (C=O) groups is 2. The highest BCUT2D eigenvalue weighted by Crippen LogP contribution is 2.47. The Labute approximate surface area is 137 Å². The Balaban J connectivity index is 2.37. The number of benzene rings is 1. The van der Waals surface area contributed by atoms with E-state index in [1.165, 1.54) is 18.2 Å². The lowest BCUT2D eigenvalue weighted by Crippen LogP contribution is -2.29. The van der Waals surface area contributed by atoms with Gasteiger partial charge in [-0.05, 0) is 31.0 Å². The van der Waals surface area contributed by atoms with Crippen molar-refractivity contribution in [3.8, 4) is 6.07 Å². The minimum atomic E-state index is -3.40. The number of hydrogen-bond acceptors (Lipinski definition) is 5. The molecule has 0 aliphatic heterocycles. The highest BCUT2D eigenvalue weighted by Gasteiger charge is 2.49. The van der Waals surface area contributed by atoms with Gasteiger partial charge in [-0.3, -0.25) is 9.59 Å². The number of Topliss-reactive ketones (excluding diaryl/α,β-unsaturated/α-hetero) is 2. The molecule has 1 aliphatic carbocycles. The zero-order valence-electron chi connectivity index (χ0n) is 12.1. The molecule has 116 valence electrons. The van der Waals surface area contributed by atoms with E-state index in [4.69, 9.17) is 0 Å². The number of carbonyl (C=O) groups excluding carboxylic acids is 2. The summed E-state index contributed by atoms with van der Waals surface area (Å²) in [5.74, 6) is -2.32. The van der Waals surface area contributed by atoms with Gasteiger partial charge < -0.3 is 0 Å². The zero-order valence-corrected chi connectivity index (χ0v) is 14.5.